The molecule has 0 aliphatic rings. The first kappa shape index (κ1) is 6.57. The molecule has 0 saturated carbocycles. The molecule has 0 rings (SSSR count). The molecule has 0 aromatic heterocycles. The van der Waals surface area contributed by atoms with Gasteiger partial charge in [-0.05, 0) is 0 Å². The van der Waals surface area contributed by atoms with E-state index >= 15 is 0 Å². The molecule has 0 unspecified atom stereocenters. The van der Waals surface area contributed by atoms with Gasteiger partial charge in [-0.1, -0.05) is 19.6 Å². The van der Waals surface area contributed by atoms with E-state index in [2.05, 4.69) is 19.6 Å². The molecule has 0 spiro atoms. The molecule has 6 heavy (non-hydrogen) atoms. The molecule has 0 saturated heterocycles. The minimum absolute atomic E-state index is 0.866. The Hall–Kier alpha value is 0.572. The molecule has 0 radical (unpaired) electrons. The van der Waals surface area contributed by atoms with Crippen LogP contribution in [-0.4, -0.2) is 14.2 Å². The lowest BCUT2D eigenvalue weighted by atomic mass is 10.7. The van der Waals surface area contributed by atoms with Crippen LogP contribution in [0, 0.1) is 0 Å². The minimum atomic E-state index is -0.866. The van der Waals surface area contributed by atoms with Gasteiger partial charge in [0.05, 0.1) is 0 Å². The van der Waals surface area contributed by atoms with Crippen molar-refractivity contribution in [3.05, 3.63) is 0 Å². The molecule has 0 bridgehead atoms. The van der Waals surface area contributed by atoms with E-state index in [0.29, 0.717) is 0 Å². The average molecular weight is 120 g/mol. The highest BCUT2D eigenvalue weighted by Crippen LogP contribution is 1.97. The van der Waals surface area contributed by atoms with Crippen molar-refractivity contribution in [3.8, 4) is 0 Å². The summed E-state index contributed by atoms with van der Waals surface area (Å²) >= 11 is 5.54. The van der Waals surface area contributed by atoms with E-state index in [-0.39, 0.29) is 0 Å². The quantitative estimate of drug-likeness (QED) is 0.459. The molecule has 36 valence electrons. The van der Waals surface area contributed by atoms with Crippen LogP contribution < -0.4 is 0 Å². The lowest BCUT2D eigenvalue weighted by molar-refractivity contribution is 1.87. The van der Waals surface area contributed by atoms with E-state index in [1.54, 1.807) is 0 Å². The maximum Gasteiger partial charge on any atom is 0.223 e. The van der Waals surface area contributed by atoms with Gasteiger partial charge in [0.2, 0.25) is 6.29 Å². The third kappa shape index (κ3) is 4.57. The Bertz CT molecular complexity index is 40.5. The van der Waals surface area contributed by atoms with Crippen molar-refractivity contribution in [1.29, 1.82) is 0 Å². The number of hydrogen-bond acceptors (Lipinski definition) is 0. The second-order valence-electron chi connectivity index (χ2n) is 2.69. The first-order valence-electron chi connectivity index (χ1n) is 2.12. The summed E-state index contributed by atoms with van der Waals surface area (Å²) in [7, 11) is -0.866. The average Bonchev–Trinajstić information content (AvgIpc) is 1.35. The van der Waals surface area contributed by atoms with E-state index in [1.807, 2.05) is 0 Å². The van der Waals surface area contributed by atoms with E-state index in [1.165, 1.54) is 0 Å². The van der Waals surface area contributed by atoms with Crippen molar-refractivity contribution in [2.24, 2.45) is 0 Å². The standard InChI is InChI=1S/C3H10BClSi/c1-6(2,3)4-5/h4H,1-3H3. The lowest BCUT2D eigenvalue weighted by Gasteiger charge is -2.05. The van der Waals surface area contributed by atoms with Gasteiger partial charge in [0.1, 0.15) is 0 Å². The SMILES string of the molecule is C[Si](C)(C)BCl. The molecule has 3 heteroatoms. The highest BCUT2D eigenvalue weighted by atomic mass is 35.5. The summed E-state index contributed by atoms with van der Waals surface area (Å²) in [5, 5.41) is 0. The smallest absolute Gasteiger partial charge is 0.205 e. The van der Waals surface area contributed by atoms with Crippen LogP contribution in [0.2, 0.25) is 19.6 Å². The van der Waals surface area contributed by atoms with Crippen molar-refractivity contribution in [2.45, 2.75) is 19.6 Å². The van der Waals surface area contributed by atoms with Crippen LogP contribution in [-0.2, 0) is 0 Å². The van der Waals surface area contributed by atoms with Gasteiger partial charge in [0.15, 0.2) is 0 Å². The molecule has 0 heterocycles. The van der Waals surface area contributed by atoms with Gasteiger partial charge < -0.3 is 0 Å². The summed E-state index contributed by atoms with van der Waals surface area (Å²) in [6.45, 7) is 6.75. The Morgan fingerprint density at radius 3 is 1.50 bits per heavy atom. The summed E-state index contributed by atoms with van der Waals surface area (Å²) in [6, 6.07) is 0. The molecule has 0 nitrogen and oxygen atoms in total. The molecule has 0 aromatic carbocycles. The highest BCUT2D eigenvalue weighted by molar-refractivity contribution is 7.40. The largest absolute Gasteiger partial charge is 0.223 e. The highest BCUT2D eigenvalue weighted by Gasteiger charge is 2.10. The van der Waals surface area contributed by atoms with E-state index in [4.69, 9.17) is 11.5 Å². The Morgan fingerprint density at radius 2 is 1.50 bits per heavy atom. The van der Waals surface area contributed by atoms with Gasteiger partial charge in [-0.3, -0.25) is 0 Å². The normalized spacial score (nSPS) is 11.3. The van der Waals surface area contributed by atoms with Crippen LogP contribution in [0.4, 0.5) is 0 Å². The molecule has 0 atom stereocenters. The molecule has 0 amide bonds. The minimum Gasteiger partial charge on any atom is -0.205 e. The zero-order chi connectivity index (χ0) is 5.21. The Labute approximate surface area is 46.0 Å². The fourth-order valence-corrected chi connectivity index (χ4v) is 0. The number of rotatable bonds is 1. The van der Waals surface area contributed by atoms with Crippen molar-refractivity contribution >= 4 is 25.7 Å². The second kappa shape index (κ2) is 2.03. The molecule has 0 fully saturated rings. The number of halogens is 1. The molecular weight excluding hydrogens is 110 g/mol. The lowest BCUT2D eigenvalue weighted by Crippen LogP contribution is -2.25. The summed E-state index contributed by atoms with van der Waals surface area (Å²) in [6.07, 6.45) is 0.882. The molecule has 0 aliphatic carbocycles. The van der Waals surface area contributed by atoms with Crippen LogP contribution >= 0.6 is 11.5 Å². The third-order valence-electron chi connectivity index (χ3n) is 0.401. The Balaban J connectivity index is 3.17. The summed E-state index contributed by atoms with van der Waals surface area (Å²) in [5.41, 5.74) is 0. The van der Waals surface area contributed by atoms with Crippen molar-refractivity contribution in [1.82, 2.24) is 0 Å². The third-order valence-corrected chi connectivity index (χ3v) is 3.61. The van der Waals surface area contributed by atoms with Gasteiger partial charge in [-0.25, -0.2) is 11.5 Å². The van der Waals surface area contributed by atoms with Crippen molar-refractivity contribution in [2.75, 3.05) is 0 Å². The fraction of sp³-hybridized carbons (Fsp3) is 1.00. The van der Waals surface area contributed by atoms with Crippen molar-refractivity contribution in [3.63, 3.8) is 0 Å². The van der Waals surface area contributed by atoms with Crippen LogP contribution in [0.3, 0.4) is 0 Å². The van der Waals surface area contributed by atoms with Gasteiger partial charge in [-0.15, -0.1) is 0 Å². The predicted molar refractivity (Wildman–Crippen MR) is 36.3 cm³/mol. The van der Waals surface area contributed by atoms with E-state index < -0.39 is 7.94 Å². The van der Waals surface area contributed by atoms with Crippen LogP contribution in [0.25, 0.3) is 0 Å². The molecule has 0 aromatic rings. The predicted octanol–water partition coefficient (Wildman–Crippen LogP) is 1.41. The summed E-state index contributed by atoms with van der Waals surface area (Å²) < 4.78 is 0. The van der Waals surface area contributed by atoms with E-state index in [0.717, 1.165) is 6.29 Å². The van der Waals surface area contributed by atoms with Crippen LogP contribution in [0.1, 0.15) is 0 Å². The zero-order valence-electron chi connectivity index (χ0n) is 4.59. The first-order chi connectivity index (χ1) is 2.56. The second-order valence-corrected chi connectivity index (χ2v) is 8.88. The Kier molecular flexibility index (Phi) is 2.22. The number of hydrogen-bond donors (Lipinski definition) is 0. The fourth-order valence-electron chi connectivity index (χ4n) is 0. The van der Waals surface area contributed by atoms with Gasteiger partial charge >= 0.3 is 0 Å². The zero-order valence-corrected chi connectivity index (χ0v) is 6.34. The van der Waals surface area contributed by atoms with Crippen LogP contribution in [0.15, 0.2) is 0 Å². The maximum absolute atomic E-state index is 5.54. The molecule has 0 N–H and O–H groups in total. The molecule has 0 aliphatic heterocycles. The van der Waals surface area contributed by atoms with Crippen LogP contribution in [0.5, 0.6) is 0 Å². The maximum atomic E-state index is 5.54. The molecular formula is C3H10BClSi. The Morgan fingerprint density at radius 1 is 1.33 bits per heavy atom. The van der Waals surface area contributed by atoms with Crippen molar-refractivity contribution < 1.29 is 0 Å². The van der Waals surface area contributed by atoms with Gasteiger partial charge in [0, 0.05) is 7.94 Å². The first-order valence-corrected chi connectivity index (χ1v) is 6.36. The summed E-state index contributed by atoms with van der Waals surface area (Å²) in [4.78, 5) is 0. The van der Waals surface area contributed by atoms with Gasteiger partial charge in [0.25, 0.3) is 0 Å². The monoisotopic (exact) mass is 120 g/mol. The van der Waals surface area contributed by atoms with E-state index in [9.17, 15) is 0 Å². The summed E-state index contributed by atoms with van der Waals surface area (Å²) in [5.74, 6) is 0. The van der Waals surface area contributed by atoms with Gasteiger partial charge in [-0.2, -0.15) is 0 Å². The topological polar surface area (TPSA) is 0 Å².